The normalized spacial score (nSPS) is 18.7. The number of amides is 1. The maximum atomic E-state index is 12.5. The van der Waals surface area contributed by atoms with E-state index in [4.69, 9.17) is 0 Å². The lowest BCUT2D eigenvalue weighted by Gasteiger charge is -2.19. The van der Waals surface area contributed by atoms with Crippen LogP contribution in [0.25, 0.3) is 10.9 Å². The van der Waals surface area contributed by atoms with Crippen molar-refractivity contribution in [2.45, 2.75) is 32.4 Å². The fraction of sp³-hybridized carbons (Fsp3) is 0.286. The third-order valence-electron chi connectivity index (χ3n) is 5.13. The first-order chi connectivity index (χ1) is 12.6. The largest absolute Gasteiger partial charge is 0.349 e. The highest BCUT2D eigenvalue weighted by atomic mass is 16.2. The Labute approximate surface area is 151 Å². The molecule has 0 aliphatic heterocycles. The quantitative estimate of drug-likeness (QED) is 0.789. The minimum Gasteiger partial charge on any atom is -0.349 e. The SMILES string of the molecule is CC1Cc2ccccc2C1NC(=O)CCn1cnc2ccccc2c1=O. The molecule has 1 heterocycles. The van der Waals surface area contributed by atoms with Gasteiger partial charge in [0.25, 0.3) is 5.56 Å². The standard InChI is InChI=1S/C21H21N3O2/c1-14-12-15-6-2-3-7-16(15)20(14)23-19(25)10-11-24-13-22-18-9-5-4-8-17(18)21(24)26/h2-9,13-14,20H,10-12H2,1H3,(H,23,25). The Hall–Kier alpha value is -2.95. The molecule has 2 atom stereocenters. The molecule has 4 rings (SSSR count). The summed E-state index contributed by atoms with van der Waals surface area (Å²) in [5.74, 6) is 0.333. The summed E-state index contributed by atoms with van der Waals surface area (Å²) in [4.78, 5) is 29.2. The summed E-state index contributed by atoms with van der Waals surface area (Å²) in [5, 5.41) is 3.71. The topological polar surface area (TPSA) is 64.0 Å². The second-order valence-electron chi connectivity index (χ2n) is 6.94. The predicted molar refractivity (Wildman–Crippen MR) is 101 cm³/mol. The zero-order valence-electron chi connectivity index (χ0n) is 14.7. The summed E-state index contributed by atoms with van der Waals surface area (Å²) in [7, 11) is 0. The van der Waals surface area contributed by atoms with Crippen LogP contribution in [0.4, 0.5) is 0 Å². The highest BCUT2D eigenvalue weighted by Crippen LogP contribution is 2.35. The van der Waals surface area contributed by atoms with Gasteiger partial charge in [-0.25, -0.2) is 4.98 Å². The first kappa shape index (κ1) is 16.5. The molecule has 0 spiro atoms. The summed E-state index contributed by atoms with van der Waals surface area (Å²) >= 11 is 0. The van der Waals surface area contributed by atoms with E-state index in [0.717, 1.165) is 6.42 Å². The van der Waals surface area contributed by atoms with Crippen LogP contribution < -0.4 is 10.9 Å². The Morgan fingerprint density at radius 3 is 2.85 bits per heavy atom. The zero-order valence-corrected chi connectivity index (χ0v) is 14.7. The fourth-order valence-electron chi connectivity index (χ4n) is 3.75. The first-order valence-corrected chi connectivity index (χ1v) is 8.95. The van der Waals surface area contributed by atoms with Crippen molar-refractivity contribution in [2.24, 2.45) is 5.92 Å². The molecule has 5 nitrogen and oxygen atoms in total. The van der Waals surface area contributed by atoms with Crippen LogP contribution in [0, 0.1) is 5.92 Å². The molecule has 5 heteroatoms. The van der Waals surface area contributed by atoms with E-state index in [1.54, 1.807) is 6.07 Å². The number of carbonyl (C=O) groups is 1. The molecule has 0 fully saturated rings. The van der Waals surface area contributed by atoms with Crippen molar-refractivity contribution in [3.05, 3.63) is 76.3 Å². The first-order valence-electron chi connectivity index (χ1n) is 8.95. The van der Waals surface area contributed by atoms with Gasteiger partial charge in [0, 0.05) is 13.0 Å². The lowest BCUT2D eigenvalue weighted by molar-refractivity contribution is -0.122. The van der Waals surface area contributed by atoms with Crippen LogP contribution in [0.2, 0.25) is 0 Å². The number of rotatable bonds is 4. The second kappa shape index (κ2) is 6.75. The Kier molecular flexibility index (Phi) is 4.29. The third kappa shape index (κ3) is 3.01. The molecule has 0 radical (unpaired) electrons. The summed E-state index contributed by atoms with van der Waals surface area (Å²) < 4.78 is 1.51. The smallest absolute Gasteiger partial charge is 0.261 e. The molecule has 2 unspecified atom stereocenters. The van der Waals surface area contributed by atoms with E-state index >= 15 is 0 Å². The Balaban J connectivity index is 1.45. The Bertz CT molecular complexity index is 1020. The maximum absolute atomic E-state index is 12.5. The number of hydrogen-bond acceptors (Lipinski definition) is 3. The van der Waals surface area contributed by atoms with Crippen LogP contribution in [-0.4, -0.2) is 15.5 Å². The van der Waals surface area contributed by atoms with Gasteiger partial charge in [-0.1, -0.05) is 43.3 Å². The van der Waals surface area contributed by atoms with E-state index in [2.05, 4.69) is 29.4 Å². The molecule has 2 aromatic carbocycles. The molecule has 0 bridgehead atoms. The summed E-state index contributed by atoms with van der Waals surface area (Å²) in [6, 6.07) is 15.6. The monoisotopic (exact) mass is 347 g/mol. The number of carbonyl (C=O) groups excluding carboxylic acids is 1. The molecule has 1 amide bonds. The number of nitrogens with one attached hydrogen (secondary N) is 1. The highest BCUT2D eigenvalue weighted by molar-refractivity contribution is 5.78. The van der Waals surface area contributed by atoms with Gasteiger partial charge in [0.15, 0.2) is 0 Å². The van der Waals surface area contributed by atoms with Gasteiger partial charge in [-0.3, -0.25) is 14.2 Å². The summed E-state index contributed by atoms with van der Waals surface area (Å²) in [6.07, 6.45) is 2.76. The van der Waals surface area contributed by atoms with Crippen molar-refractivity contribution < 1.29 is 4.79 Å². The zero-order chi connectivity index (χ0) is 18.1. The van der Waals surface area contributed by atoms with Gasteiger partial charge in [-0.05, 0) is 35.6 Å². The molecule has 1 N–H and O–H groups in total. The van der Waals surface area contributed by atoms with E-state index in [-0.39, 0.29) is 23.9 Å². The average molecular weight is 347 g/mol. The molecule has 0 saturated heterocycles. The minimum absolute atomic E-state index is 0.0430. The molecule has 26 heavy (non-hydrogen) atoms. The molecular formula is C21H21N3O2. The number of para-hydroxylation sites is 1. The van der Waals surface area contributed by atoms with E-state index in [9.17, 15) is 9.59 Å². The Morgan fingerprint density at radius 1 is 1.19 bits per heavy atom. The van der Waals surface area contributed by atoms with Crippen molar-refractivity contribution in [1.82, 2.24) is 14.9 Å². The van der Waals surface area contributed by atoms with Crippen LogP contribution in [0.15, 0.2) is 59.7 Å². The van der Waals surface area contributed by atoms with Crippen molar-refractivity contribution in [3.63, 3.8) is 0 Å². The summed E-state index contributed by atoms with van der Waals surface area (Å²) in [5.41, 5.74) is 3.08. The van der Waals surface area contributed by atoms with E-state index in [1.165, 1.54) is 22.0 Å². The number of aromatic nitrogens is 2. The van der Waals surface area contributed by atoms with Crippen molar-refractivity contribution >= 4 is 16.8 Å². The van der Waals surface area contributed by atoms with Gasteiger partial charge >= 0.3 is 0 Å². The lowest BCUT2D eigenvalue weighted by Crippen LogP contribution is -2.32. The van der Waals surface area contributed by atoms with Gasteiger partial charge in [0.1, 0.15) is 0 Å². The number of nitrogens with zero attached hydrogens (tertiary/aromatic N) is 2. The summed E-state index contributed by atoms with van der Waals surface area (Å²) in [6.45, 7) is 2.48. The van der Waals surface area contributed by atoms with Crippen molar-refractivity contribution in [2.75, 3.05) is 0 Å². The third-order valence-corrected chi connectivity index (χ3v) is 5.13. The van der Waals surface area contributed by atoms with Crippen LogP contribution >= 0.6 is 0 Å². The average Bonchev–Trinajstić information content (AvgIpc) is 2.97. The molecule has 1 aromatic heterocycles. The molecule has 3 aromatic rings. The van der Waals surface area contributed by atoms with E-state index in [1.807, 2.05) is 30.3 Å². The molecule has 0 saturated carbocycles. The highest BCUT2D eigenvalue weighted by Gasteiger charge is 2.29. The van der Waals surface area contributed by atoms with E-state index < -0.39 is 0 Å². The van der Waals surface area contributed by atoms with Gasteiger partial charge in [-0.2, -0.15) is 0 Å². The van der Waals surface area contributed by atoms with Crippen LogP contribution in [0.5, 0.6) is 0 Å². The molecule has 132 valence electrons. The van der Waals surface area contributed by atoms with Gasteiger partial charge in [0.05, 0.1) is 23.3 Å². The maximum Gasteiger partial charge on any atom is 0.261 e. The molecule has 1 aliphatic carbocycles. The second-order valence-corrected chi connectivity index (χ2v) is 6.94. The Morgan fingerprint density at radius 2 is 1.96 bits per heavy atom. The number of hydrogen-bond donors (Lipinski definition) is 1. The lowest BCUT2D eigenvalue weighted by atomic mass is 10.0. The molecular weight excluding hydrogens is 326 g/mol. The number of benzene rings is 2. The number of aryl methyl sites for hydroxylation is 1. The van der Waals surface area contributed by atoms with Crippen LogP contribution in [-0.2, 0) is 17.8 Å². The minimum atomic E-state index is -0.108. The van der Waals surface area contributed by atoms with Gasteiger partial charge in [0.2, 0.25) is 5.91 Å². The van der Waals surface area contributed by atoms with Crippen LogP contribution in [0.1, 0.15) is 30.5 Å². The number of fused-ring (bicyclic) bond motifs is 2. The van der Waals surface area contributed by atoms with Gasteiger partial charge < -0.3 is 5.32 Å². The van der Waals surface area contributed by atoms with Crippen LogP contribution in [0.3, 0.4) is 0 Å². The predicted octanol–water partition coefficient (Wildman–Crippen LogP) is 2.84. The van der Waals surface area contributed by atoms with Crippen molar-refractivity contribution in [1.29, 1.82) is 0 Å². The molecule has 1 aliphatic rings. The van der Waals surface area contributed by atoms with E-state index in [0.29, 0.717) is 23.4 Å². The van der Waals surface area contributed by atoms with Gasteiger partial charge in [-0.15, -0.1) is 0 Å². The van der Waals surface area contributed by atoms with Crippen molar-refractivity contribution in [3.8, 4) is 0 Å². The fourth-order valence-corrected chi connectivity index (χ4v) is 3.75.